The van der Waals surface area contributed by atoms with E-state index in [2.05, 4.69) is 17.6 Å². The highest BCUT2D eigenvalue weighted by Crippen LogP contribution is 2.24. The number of hydrogen-bond donors (Lipinski definition) is 2. The highest BCUT2D eigenvalue weighted by atomic mass is 16.6. The molecule has 2 N–H and O–H groups in total. The third-order valence-corrected chi connectivity index (χ3v) is 5.55. The second-order valence-electron chi connectivity index (χ2n) is 7.42. The summed E-state index contributed by atoms with van der Waals surface area (Å²) in [6, 6.07) is 4.15. The van der Waals surface area contributed by atoms with E-state index >= 15 is 0 Å². The Morgan fingerprint density at radius 3 is 2.74 bits per heavy atom. The Kier molecular flexibility index (Phi) is 5.74. The maximum absolute atomic E-state index is 12.9. The molecule has 0 spiro atoms. The van der Waals surface area contributed by atoms with Crippen molar-refractivity contribution in [1.29, 1.82) is 0 Å². The van der Waals surface area contributed by atoms with Crippen molar-refractivity contribution >= 4 is 17.5 Å². The molecule has 1 aromatic carbocycles. The van der Waals surface area contributed by atoms with E-state index < -0.39 is 11.0 Å². The molecule has 0 radical (unpaired) electrons. The Morgan fingerprint density at radius 2 is 2.07 bits per heavy atom. The number of nitrogens with one attached hydrogen (secondary N) is 2. The third-order valence-electron chi connectivity index (χ3n) is 5.55. The number of nitro groups is 1. The zero-order valence-corrected chi connectivity index (χ0v) is 15.7. The van der Waals surface area contributed by atoms with Crippen molar-refractivity contribution in [2.45, 2.75) is 57.7 Å². The average molecular weight is 374 g/mol. The lowest BCUT2D eigenvalue weighted by Crippen LogP contribution is -2.56. The lowest BCUT2D eigenvalue weighted by atomic mass is 9.99. The molecule has 3 unspecified atom stereocenters. The Labute approximate surface area is 158 Å². The molecular formula is C19H26N4O4. The summed E-state index contributed by atoms with van der Waals surface area (Å²) in [5.41, 5.74) is 0.805. The number of benzene rings is 1. The molecule has 8 nitrogen and oxygen atoms in total. The van der Waals surface area contributed by atoms with E-state index in [9.17, 15) is 19.7 Å². The first-order chi connectivity index (χ1) is 12.9. The summed E-state index contributed by atoms with van der Waals surface area (Å²) < 4.78 is 0. The molecule has 146 valence electrons. The minimum absolute atomic E-state index is 0.0129. The van der Waals surface area contributed by atoms with Gasteiger partial charge in [-0.2, -0.15) is 0 Å². The molecule has 27 heavy (non-hydrogen) atoms. The highest BCUT2D eigenvalue weighted by molar-refractivity contribution is 5.98. The summed E-state index contributed by atoms with van der Waals surface area (Å²) >= 11 is 0. The van der Waals surface area contributed by atoms with Crippen molar-refractivity contribution in [3.63, 3.8) is 0 Å². The van der Waals surface area contributed by atoms with Crippen molar-refractivity contribution in [3.8, 4) is 0 Å². The summed E-state index contributed by atoms with van der Waals surface area (Å²) in [5.74, 6) is -0.361. The Balaban J connectivity index is 1.71. The SMILES string of the molecule is Cc1cc(C(=O)N2CCCC2C(=O)NC2CCCNC2C)ccc1[N+](=O)[O-]. The fourth-order valence-corrected chi connectivity index (χ4v) is 3.96. The lowest BCUT2D eigenvalue weighted by molar-refractivity contribution is -0.385. The topological polar surface area (TPSA) is 105 Å². The number of likely N-dealkylation sites (tertiary alicyclic amines) is 1. The van der Waals surface area contributed by atoms with Crippen LogP contribution in [0, 0.1) is 17.0 Å². The van der Waals surface area contributed by atoms with E-state index in [1.165, 1.54) is 18.2 Å². The van der Waals surface area contributed by atoms with Crippen LogP contribution >= 0.6 is 0 Å². The van der Waals surface area contributed by atoms with Crippen LogP contribution in [0.15, 0.2) is 18.2 Å². The summed E-state index contributed by atoms with van der Waals surface area (Å²) in [5, 5.41) is 17.4. The van der Waals surface area contributed by atoms with Crippen LogP contribution in [-0.4, -0.2) is 52.9 Å². The summed E-state index contributed by atoms with van der Waals surface area (Å²) in [6.45, 7) is 5.15. The van der Waals surface area contributed by atoms with Gasteiger partial charge in [0.05, 0.1) is 4.92 Å². The van der Waals surface area contributed by atoms with Crippen molar-refractivity contribution in [1.82, 2.24) is 15.5 Å². The van der Waals surface area contributed by atoms with Gasteiger partial charge >= 0.3 is 0 Å². The monoisotopic (exact) mass is 374 g/mol. The smallest absolute Gasteiger partial charge is 0.272 e. The van der Waals surface area contributed by atoms with Crippen LogP contribution in [0.25, 0.3) is 0 Å². The molecule has 2 amide bonds. The van der Waals surface area contributed by atoms with Crippen molar-refractivity contribution in [2.24, 2.45) is 0 Å². The van der Waals surface area contributed by atoms with Gasteiger partial charge in [-0.3, -0.25) is 19.7 Å². The minimum Gasteiger partial charge on any atom is -0.350 e. The fraction of sp³-hybridized carbons (Fsp3) is 0.579. The van der Waals surface area contributed by atoms with E-state index in [1.54, 1.807) is 11.8 Å². The maximum atomic E-state index is 12.9. The van der Waals surface area contributed by atoms with Crippen molar-refractivity contribution < 1.29 is 14.5 Å². The van der Waals surface area contributed by atoms with Gasteiger partial charge in [-0.1, -0.05) is 0 Å². The Bertz CT molecular complexity index is 751. The van der Waals surface area contributed by atoms with Crippen LogP contribution in [0.4, 0.5) is 5.69 Å². The lowest BCUT2D eigenvalue weighted by Gasteiger charge is -2.33. The molecular weight excluding hydrogens is 348 g/mol. The molecule has 2 heterocycles. The number of rotatable bonds is 4. The van der Waals surface area contributed by atoms with Gasteiger partial charge in [0.2, 0.25) is 5.91 Å². The van der Waals surface area contributed by atoms with Gasteiger partial charge < -0.3 is 15.5 Å². The van der Waals surface area contributed by atoms with Crippen LogP contribution in [0.1, 0.15) is 48.5 Å². The average Bonchev–Trinajstić information content (AvgIpc) is 3.12. The van der Waals surface area contributed by atoms with Gasteiger partial charge in [-0.25, -0.2) is 0 Å². The number of aryl methyl sites for hydroxylation is 1. The van der Waals surface area contributed by atoms with E-state index in [0.717, 1.165) is 25.8 Å². The molecule has 3 atom stereocenters. The Hall–Kier alpha value is -2.48. The van der Waals surface area contributed by atoms with E-state index in [-0.39, 0.29) is 29.6 Å². The zero-order chi connectivity index (χ0) is 19.6. The van der Waals surface area contributed by atoms with E-state index in [4.69, 9.17) is 0 Å². The predicted octanol–water partition coefficient (Wildman–Crippen LogP) is 1.76. The van der Waals surface area contributed by atoms with Gasteiger partial charge in [0, 0.05) is 35.8 Å². The molecule has 0 aromatic heterocycles. The number of piperidine rings is 1. The third kappa shape index (κ3) is 4.10. The van der Waals surface area contributed by atoms with Gasteiger partial charge in [-0.15, -0.1) is 0 Å². The predicted molar refractivity (Wildman–Crippen MR) is 101 cm³/mol. The van der Waals surface area contributed by atoms with Crippen molar-refractivity contribution in [3.05, 3.63) is 39.4 Å². The van der Waals surface area contributed by atoms with Crippen LogP contribution in [0.2, 0.25) is 0 Å². The van der Waals surface area contributed by atoms with Crippen LogP contribution < -0.4 is 10.6 Å². The van der Waals surface area contributed by atoms with Crippen LogP contribution in [0.5, 0.6) is 0 Å². The van der Waals surface area contributed by atoms with Crippen LogP contribution in [-0.2, 0) is 4.79 Å². The second-order valence-corrected chi connectivity index (χ2v) is 7.42. The van der Waals surface area contributed by atoms with E-state index in [0.29, 0.717) is 24.1 Å². The number of nitro benzene ring substituents is 1. The number of amides is 2. The number of nitrogens with zero attached hydrogens (tertiary/aromatic N) is 2. The molecule has 2 aliphatic heterocycles. The standard InChI is InChI=1S/C19H26N4O4/c1-12-11-14(7-8-16(12)23(26)27)19(25)22-10-4-6-17(22)18(24)21-15-5-3-9-20-13(15)2/h7-8,11,13,15,17,20H,3-6,9-10H2,1-2H3,(H,21,24). The normalized spacial score (nSPS) is 25.3. The molecule has 0 bridgehead atoms. The Morgan fingerprint density at radius 1 is 1.30 bits per heavy atom. The molecule has 2 fully saturated rings. The molecule has 0 saturated carbocycles. The fourth-order valence-electron chi connectivity index (χ4n) is 3.96. The minimum atomic E-state index is -0.484. The molecule has 0 aliphatic carbocycles. The summed E-state index contributed by atoms with van der Waals surface area (Å²) in [4.78, 5) is 37.8. The molecule has 8 heteroatoms. The zero-order valence-electron chi connectivity index (χ0n) is 15.7. The van der Waals surface area contributed by atoms with Gasteiger partial charge in [0.25, 0.3) is 11.6 Å². The molecule has 2 aliphatic rings. The van der Waals surface area contributed by atoms with Gasteiger partial charge in [-0.05, 0) is 58.2 Å². The van der Waals surface area contributed by atoms with Crippen molar-refractivity contribution in [2.75, 3.05) is 13.1 Å². The largest absolute Gasteiger partial charge is 0.350 e. The van der Waals surface area contributed by atoms with Crippen LogP contribution in [0.3, 0.4) is 0 Å². The quantitative estimate of drug-likeness (QED) is 0.617. The first kappa shape index (κ1) is 19.3. The maximum Gasteiger partial charge on any atom is 0.272 e. The van der Waals surface area contributed by atoms with Gasteiger partial charge in [0.15, 0.2) is 0 Å². The number of carbonyl (C=O) groups is 2. The molecule has 2 saturated heterocycles. The first-order valence-corrected chi connectivity index (χ1v) is 9.48. The summed E-state index contributed by atoms with van der Waals surface area (Å²) in [6.07, 6.45) is 3.36. The molecule has 1 aromatic rings. The molecule has 3 rings (SSSR count). The second kappa shape index (κ2) is 8.04. The number of hydrogen-bond acceptors (Lipinski definition) is 5. The highest BCUT2D eigenvalue weighted by Gasteiger charge is 2.36. The summed E-state index contributed by atoms with van der Waals surface area (Å²) in [7, 11) is 0. The van der Waals surface area contributed by atoms with E-state index in [1.807, 2.05) is 0 Å². The van der Waals surface area contributed by atoms with Gasteiger partial charge in [0.1, 0.15) is 6.04 Å². The first-order valence-electron chi connectivity index (χ1n) is 9.48. The number of carbonyl (C=O) groups excluding carboxylic acids is 2.